The maximum Gasteiger partial charge on any atom is 0.251 e. The zero-order chi connectivity index (χ0) is 15.9. The lowest BCUT2D eigenvalue weighted by atomic mass is 9.75. The first-order chi connectivity index (χ1) is 10.5. The van der Waals surface area contributed by atoms with Crippen molar-refractivity contribution in [3.63, 3.8) is 0 Å². The van der Waals surface area contributed by atoms with Crippen LogP contribution in [0.25, 0.3) is 0 Å². The highest BCUT2D eigenvalue weighted by molar-refractivity contribution is 5.80. The summed E-state index contributed by atoms with van der Waals surface area (Å²) in [6, 6.07) is 7.35. The fourth-order valence-corrected chi connectivity index (χ4v) is 4.16. The van der Waals surface area contributed by atoms with Gasteiger partial charge >= 0.3 is 0 Å². The van der Waals surface area contributed by atoms with Crippen molar-refractivity contribution in [1.82, 2.24) is 9.96 Å². The monoisotopic (exact) mass is 306 g/mol. The summed E-state index contributed by atoms with van der Waals surface area (Å²) in [5, 5.41) is 1.33. The van der Waals surface area contributed by atoms with Crippen molar-refractivity contribution in [2.45, 2.75) is 37.3 Å². The minimum absolute atomic E-state index is 0.00836. The van der Waals surface area contributed by atoms with Crippen molar-refractivity contribution in [1.29, 1.82) is 0 Å². The van der Waals surface area contributed by atoms with Crippen molar-refractivity contribution < 1.29 is 14.0 Å². The van der Waals surface area contributed by atoms with E-state index in [1.54, 1.807) is 7.05 Å². The minimum atomic E-state index is -0.239. The Balaban J connectivity index is 1.95. The van der Waals surface area contributed by atoms with E-state index in [0.29, 0.717) is 6.04 Å². The molecule has 120 valence electrons. The Labute approximate surface area is 130 Å². The molecule has 2 aliphatic rings. The summed E-state index contributed by atoms with van der Waals surface area (Å²) in [5.41, 5.74) is 1.05. The summed E-state index contributed by atoms with van der Waals surface area (Å²) in [4.78, 5) is 20.3. The molecule has 0 radical (unpaired) electrons. The molecule has 0 N–H and O–H groups in total. The predicted octanol–water partition coefficient (Wildman–Crippen LogP) is 2.41. The topological polar surface area (TPSA) is 32.8 Å². The maximum atomic E-state index is 13.2. The van der Waals surface area contributed by atoms with Crippen LogP contribution < -0.4 is 0 Å². The van der Waals surface area contributed by atoms with Gasteiger partial charge in [-0.05, 0) is 49.9 Å². The molecule has 2 fully saturated rings. The van der Waals surface area contributed by atoms with Gasteiger partial charge in [-0.25, -0.2) is 9.45 Å². The number of piperidine rings is 1. The molecule has 0 spiro atoms. The molecule has 2 heterocycles. The van der Waals surface area contributed by atoms with Crippen LogP contribution >= 0.6 is 0 Å². The molecule has 2 aliphatic heterocycles. The number of amides is 1. The van der Waals surface area contributed by atoms with E-state index in [-0.39, 0.29) is 29.6 Å². The molecular weight excluding hydrogens is 283 g/mol. The first-order valence-electron chi connectivity index (χ1n) is 7.82. The van der Waals surface area contributed by atoms with Crippen LogP contribution in [0.3, 0.4) is 0 Å². The van der Waals surface area contributed by atoms with Crippen molar-refractivity contribution in [2.75, 3.05) is 21.2 Å². The quantitative estimate of drug-likeness (QED) is 0.804. The second-order valence-electron chi connectivity index (χ2n) is 6.40. The van der Waals surface area contributed by atoms with Crippen LogP contribution in [0.5, 0.6) is 0 Å². The molecule has 4 atom stereocenters. The van der Waals surface area contributed by atoms with E-state index in [1.165, 1.54) is 24.3 Å². The lowest BCUT2D eigenvalue weighted by Gasteiger charge is -2.43. The Morgan fingerprint density at radius 1 is 1.32 bits per heavy atom. The van der Waals surface area contributed by atoms with Crippen molar-refractivity contribution in [3.05, 3.63) is 35.6 Å². The van der Waals surface area contributed by atoms with Gasteiger partial charge < -0.3 is 0 Å². The third kappa shape index (κ3) is 2.52. The molecule has 0 aromatic heterocycles. The molecule has 2 saturated heterocycles. The van der Waals surface area contributed by atoms with Crippen molar-refractivity contribution in [2.24, 2.45) is 5.92 Å². The SMILES string of the molecule is CON(C)C(=O)[C@@H]1[C@H]2CC[C@@H](C[C@H]1c1ccc(F)cc1)N2C. The van der Waals surface area contributed by atoms with E-state index in [0.717, 1.165) is 24.8 Å². The maximum absolute atomic E-state index is 13.2. The molecule has 0 saturated carbocycles. The molecule has 0 unspecified atom stereocenters. The molecule has 22 heavy (non-hydrogen) atoms. The molecule has 1 amide bonds. The van der Waals surface area contributed by atoms with Crippen LogP contribution in [0.2, 0.25) is 0 Å². The zero-order valence-corrected chi connectivity index (χ0v) is 13.3. The fraction of sp³-hybridized carbons (Fsp3) is 0.588. The molecular formula is C17H23FN2O2. The number of fused-ring (bicyclic) bond motifs is 2. The summed E-state index contributed by atoms with van der Waals surface area (Å²) in [6.07, 6.45) is 3.10. The Morgan fingerprint density at radius 2 is 2.00 bits per heavy atom. The standard InChI is InChI=1S/C17H23FN2O2/c1-19-13-8-9-15(19)16(17(21)20(2)22-3)14(10-13)11-4-6-12(18)7-5-11/h4-7,13-16H,8-10H2,1-3H3/t13-,14-,15+,16-/m0/s1. The predicted molar refractivity (Wildman–Crippen MR) is 81.6 cm³/mol. The normalized spacial score (nSPS) is 31.3. The third-order valence-electron chi connectivity index (χ3n) is 5.44. The van der Waals surface area contributed by atoms with E-state index < -0.39 is 0 Å². The van der Waals surface area contributed by atoms with E-state index in [4.69, 9.17) is 4.84 Å². The number of nitrogens with zero attached hydrogens (tertiary/aromatic N) is 2. The number of hydroxylamine groups is 2. The average Bonchev–Trinajstić information content (AvgIpc) is 2.76. The Kier molecular flexibility index (Phi) is 4.19. The van der Waals surface area contributed by atoms with Gasteiger partial charge in [-0.1, -0.05) is 12.1 Å². The largest absolute Gasteiger partial charge is 0.300 e. The number of hydrogen-bond donors (Lipinski definition) is 0. The second-order valence-corrected chi connectivity index (χ2v) is 6.40. The van der Waals surface area contributed by atoms with Gasteiger partial charge in [-0.15, -0.1) is 0 Å². The van der Waals surface area contributed by atoms with Gasteiger partial charge in [0.15, 0.2) is 0 Å². The molecule has 1 aromatic rings. The summed E-state index contributed by atoms with van der Waals surface area (Å²) in [5.74, 6) is -0.246. The van der Waals surface area contributed by atoms with Crippen LogP contribution in [0.1, 0.15) is 30.7 Å². The smallest absolute Gasteiger partial charge is 0.251 e. The van der Waals surface area contributed by atoms with Gasteiger partial charge in [-0.3, -0.25) is 14.5 Å². The van der Waals surface area contributed by atoms with E-state index in [2.05, 4.69) is 11.9 Å². The number of benzene rings is 1. The fourth-order valence-electron chi connectivity index (χ4n) is 4.16. The highest BCUT2D eigenvalue weighted by Crippen LogP contribution is 2.46. The molecule has 0 aliphatic carbocycles. The average molecular weight is 306 g/mol. The number of carbonyl (C=O) groups excluding carboxylic acids is 1. The summed E-state index contributed by atoms with van der Waals surface area (Å²) < 4.78 is 13.2. The first-order valence-corrected chi connectivity index (χ1v) is 7.82. The molecule has 5 heteroatoms. The Morgan fingerprint density at radius 3 is 2.64 bits per heavy atom. The highest BCUT2D eigenvalue weighted by Gasteiger charge is 2.49. The zero-order valence-electron chi connectivity index (χ0n) is 13.3. The first kappa shape index (κ1) is 15.4. The molecule has 3 rings (SSSR count). The van der Waals surface area contributed by atoms with Crippen LogP contribution in [-0.2, 0) is 9.63 Å². The number of rotatable bonds is 3. The van der Waals surface area contributed by atoms with Crippen LogP contribution in [-0.4, -0.2) is 49.2 Å². The lowest BCUT2D eigenvalue weighted by molar-refractivity contribution is -0.177. The van der Waals surface area contributed by atoms with E-state index in [1.807, 2.05) is 12.1 Å². The van der Waals surface area contributed by atoms with Crippen LogP contribution in [0.4, 0.5) is 4.39 Å². The number of hydrogen-bond acceptors (Lipinski definition) is 3. The van der Waals surface area contributed by atoms with Gasteiger partial charge in [0.05, 0.1) is 13.0 Å². The third-order valence-corrected chi connectivity index (χ3v) is 5.44. The van der Waals surface area contributed by atoms with Crippen LogP contribution in [0, 0.1) is 11.7 Å². The highest BCUT2D eigenvalue weighted by atomic mass is 19.1. The molecule has 1 aromatic carbocycles. The Bertz CT molecular complexity index is 548. The number of carbonyl (C=O) groups is 1. The van der Waals surface area contributed by atoms with E-state index >= 15 is 0 Å². The van der Waals surface area contributed by atoms with Gasteiger partial charge in [0.1, 0.15) is 5.82 Å². The van der Waals surface area contributed by atoms with Crippen molar-refractivity contribution in [3.8, 4) is 0 Å². The van der Waals surface area contributed by atoms with Gasteiger partial charge in [0, 0.05) is 19.1 Å². The lowest BCUT2D eigenvalue weighted by Crippen LogP contribution is -2.51. The molecule has 2 bridgehead atoms. The summed E-state index contributed by atoms with van der Waals surface area (Å²) in [7, 11) is 5.27. The van der Waals surface area contributed by atoms with Gasteiger partial charge in [0.2, 0.25) is 0 Å². The van der Waals surface area contributed by atoms with Gasteiger partial charge in [-0.2, -0.15) is 0 Å². The van der Waals surface area contributed by atoms with Crippen LogP contribution in [0.15, 0.2) is 24.3 Å². The molecule has 4 nitrogen and oxygen atoms in total. The summed E-state index contributed by atoms with van der Waals surface area (Å²) in [6.45, 7) is 0. The summed E-state index contributed by atoms with van der Waals surface area (Å²) >= 11 is 0. The Hall–Kier alpha value is -1.46. The second kappa shape index (κ2) is 5.97. The van der Waals surface area contributed by atoms with Gasteiger partial charge in [0.25, 0.3) is 5.91 Å². The van der Waals surface area contributed by atoms with E-state index in [9.17, 15) is 9.18 Å². The van der Waals surface area contributed by atoms with Crippen molar-refractivity contribution >= 4 is 5.91 Å². The minimum Gasteiger partial charge on any atom is -0.300 e. The number of halogens is 1.